The first-order chi connectivity index (χ1) is 11.1. The number of rotatable bonds is 6. The average Bonchev–Trinajstić information content (AvgIpc) is 2.60. The zero-order valence-electron chi connectivity index (χ0n) is 14.7. The topological polar surface area (TPSA) is 55.9 Å². The van der Waals surface area contributed by atoms with Crippen LogP contribution in [-0.2, 0) is 9.59 Å². The molecule has 23 heavy (non-hydrogen) atoms. The molecule has 0 aliphatic carbocycles. The second kappa shape index (κ2) is 9.23. The summed E-state index contributed by atoms with van der Waals surface area (Å²) in [5, 5.41) is 2.96. The van der Waals surface area contributed by atoms with Crippen LogP contribution in [0.25, 0.3) is 0 Å². The smallest absolute Gasteiger partial charge is 0.237 e. The third-order valence-corrected chi connectivity index (χ3v) is 4.95. The molecule has 2 heterocycles. The lowest BCUT2D eigenvalue weighted by Crippen LogP contribution is -2.55. The number of piperidine rings is 1. The molecule has 0 aromatic heterocycles. The molecule has 0 spiro atoms. The summed E-state index contributed by atoms with van der Waals surface area (Å²) in [4.78, 5) is 30.8. The van der Waals surface area contributed by atoms with Crippen LogP contribution in [0.5, 0.6) is 0 Å². The van der Waals surface area contributed by atoms with Crippen molar-refractivity contribution in [1.29, 1.82) is 0 Å². The van der Waals surface area contributed by atoms with E-state index in [-0.39, 0.29) is 17.9 Å². The van der Waals surface area contributed by atoms with Crippen LogP contribution in [0.2, 0.25) is 0 Å². The fraction of sp³-hybridized carbons (Fsp3) is 0.882. The summed E-state index contributed by atoms with van der Waals surface area (Å²) >= 11 is 0. The van der Waals surface area contributed by atoms with E-state index < -0.39 is 0 Å². The number of likely N-dealkylation sites (tertiary alicyclic amines) is 1. The Bertz CT molecular complexity index is 388. The van der Waals surface area contributed by atoms with Gasteiger partial charge in [0.15, 0.2) is 0 Å². The Morgan fingerprint density at radius 3 is 2.26 bits per heavy atom. The summed E-state index contributed by atoms with van der Waals surface area (Å²) < 4.78 is 0. The molecule has 2 saturated heterocycles. The second-order valence-electron chi connectivity index (χ2n) is 6.72. The molecular weight excluding hydrogens is 292 g/mol. The van der Waals surface area contributed by atoms with E-state index >= 15 is 0 Å². The fourth-order valence-electron chi connectivity index (χ4n) is 3.31. The molecule has 132 valence electrons. The molecule has 1 atom stereocenters. The van der Waals surface area contributed by atoms with Gasteiger partial charge in [0.2, 0.25) is 11.8 Å². The molecule has 0 aromatic carbocycles. The summed E-state index contributed by atoms with van der Waals surface area (Å²) in [6, 6.07) is -0.0819. The van der Waals surface area contributed by atoms with E-state index in [1.807, 2.05) is 11.8 Å². The molecule has 0 radical (unpaired) electrons. The van der Waals surface area contributed by atoms with Crippen LogP contribution >= 0.6 is 0 Å². The van der Waals surface area contributed by atoms with Gasteiger partial charge in [-0.3, -0.25) is 19.4 Å². The first-order valence-corrected chi connectivity index (χ1v) is 9.13. The molecular formula is C17H32N4O2. The number of carbonyl (C=O) groups is 2. The summed E-state index contributed by atoms with van der Waals surface area (Å²) in [6.07, 6.45) is 4.50. The minimum Gasteiger partial charge on any atom is -0.355 e. The Kier molecular flexibility index (Phi) is 7.30. The van der Waals surface area contributed by atoms with Crippen LogP contribution in [0, 0.1) is 0 Å². The predicted molar refractivity (Wildman–Crippen MR) is 91.2 cm³/mol. The van der Waals surface area contributed by atoms with Crippen LogP contribution in [0.15, 0.2) is 0 Å². The molecule has 0 aromatic rings. The van der Waals surface area contributed by atoms with Gasteiger partial charge >= 0.3 is 0 Å². The minimum absolute atomic E-state index is 0.0819. The van der Waals surface area contributed by atoms with Crippen molar-refractivity contribution in [2.75, 3.05) is 52.4 Å². The second-order valence-corrected chi connectivity index (χ2v) is 6.72. The number of hydrogen-bond acceptors (Lipinski definition) is 4. The maximum atomic E-state index is 12.3. The van der Waals surface area contributed by atoms with Crippen molar-refractivity contribution in [3.05, 3.63) is 0 Å². The van der Waals surface area contributed by atoms with E-state index in [9.17, 15) is 9.59 Å². The lowest BCUT2D eigenvalue weighted by Gasteiger charge is -2.38. The van der Waals surface area contributed by atoms with Crippen molar-refractivity contribution in [2.45, 2.75) is 45.6 Å². The number of carbonyl (C=O) groups excluding carboxylic acids is 2. The Hall–Kier alpha value is -1.14. The molecule has 6 nitrogen and oxygen atoms in total. The van der Waals surface area contributed by atoms with E-state index in [2.05, 4.69) is 22.0 Å². The summed E-state index contributed by atoms with van der Waals surface area (Å²) in [5.74, 6) is 0.386. The van der Waals surface area contributed by atoms with Gasteiger partial charge in [0, 0.05) is 45.8 Å². The molecule has 2 fully saturated rings. The first-order valence-electron chi connectivity index (χ1n) is 9.13. The van der Waals surface area contributed by atoms with Gasteiger partial charge in [-0.05, 0) is 32.6 Å². The maximum absolute atomic E-state index is 12.3. The number of piperazine rings is 1. The molecule has 0 bridgehead atoms. The molecule has 1 unspecified atom stereocenters. The van der Waals surface area contributed by atoms with Crippen molar-refractivity contribution in [2.24, 2.45) is 0 Å². The van der Waals surface area contributed by atoms with Crippen LogP contribution in [0.1, 0.15) is 39.5 Å². The average molecular weight is 324 g/mol. The standard InChI is InChI=1S/C17H32N4O2/c1-3-7-18-17(23)15(2)20-12-10-19(11-13-20)14-16(22)21-8-5-4-6-9-21/h15H,3-14H2,1-2H3,(H,18,23). The van der Waals surface area contributed by atoms with Crippen LogP contribution in [-0.4, -0.2) is 84.9 Å². The Balaban J connectivity index is 1.70. The number of nitrogens with one attached hydrogen (secondary N) is 1. The lowest BCUT2D eigenvalue weighted by atomic mass is 10.1. The zero-order chi connectivity index (χ0) is 16.7. The van der Waals surface area contributed by atoms with Gasteiger partial charge in [0.05, 0.1) is 12.6 Å². The van der Waals surface area contributed by atoms with Crippen molar-refractivity contribution in [3.8, 4) is 0 Å². The molecule has 2 rings (SSSR count). The van der Waals surface area contributed by atoms with Gasteiger partial charge in [-0.15, -0.1) is 0 Å². The highest BCUT2D eigenvalue weighted by molar-refractivity contribution is 5.81. The van der Waals surface area contributed by atoms with Crippen LogP contribution in [0.4, 0.5) is 0 Å². The van der Waals surface area contributed by atoms with Crippen molar-refractivity contribution in [3.63, 3.8) is 0 Å². The van der Waals surface area contributed by atoms with E-state index in [1.165, 1.54) is 6.42 Å². The Morgan fingerprint density at radius 2 is 1.65 bits per heavy atom. The normalized spacial score (nSPS) is 21.9. The van der Waals surface area contributed by atoms with Crippen molar-refractivity contribution >= 4 is 11.8 Å². The molecule has 6 heteroatoms. The highest BCUT2D eigenvalue weighted by atomic mass is 16.2. The quantitative estimate of drug-likeness (QED) is 0.774. The monoisotopic (exact) mass is 324 g/mol. The first kappa shape index (κ1) is 18.2. The van der Waals surface area contributed by atoms with E-state index in [0.717, 1.165) is 65.1 Å². The van der Waals surface area contributed by atoms with Crippen molar-refractivity contribution in [1.82, 2.24) is 20.0 Å². The van der Waals surface area contributed by atoms with Crippen molar-refractivity contribution < 1.29 is 9.59 Å². The molecule has 0 saturated carbocycles. The number of nitrogens with zero attached hydrogens (tertiary/aromatic N) is 3. The van der Waals surface area contributed by atoms with Gasteiger partial charge in [-0.2, -0.15) is 0 Å². The summed E-state index contributed by atoms with van der Waals surface area (Å²) in [6.45, 7) is 10.6. The van der Waals surface area contributed by atoms with Crippen LogP contribution in [0.3, 0.4) is 0 Å². The van der Waals surface area contributed by atoms with Gasteiger partial charge < -0.3 is 10.2 Å². The number of amides is 2. The minimum atomic E-state index is -0.0819. The molecule has 1 N–H and O–H groups in total. The highest BCUT2D eigenvalue weighted by Gasteiger charge is 2.27. The third-order valence-electron chi connectivity index (χ3n) is 4.95. The van der Waals surface area contributed by atoms with Gasteiger partial charge in [0.25, 0.3) is 0 Å². The summed E-state index contributed by atoms with van der Waals surface area (Å²) in [5.41, 5.74) is 0. The maximum Gasteiger partial charge on any atom is 0.237 e. The summed E-state index contributed by atoms with van der Waals surface area (Å²) in [7, 11) is 0. The molecule has 2 aliphatic heterocycles. The predicted octanol–water partition coefficient (Wildman–Crippen LogP) is 0.531. The number of hydrogen-bond donors (Lipinski definition) is 1. The SMILES string of the molecule is CCCNC(=O)C(C)N1CCN(CC(=O)N2CCCCC2)CC1. The van der Waals surface area contributed by atoms with Gasteiger partial charge in [0.1, 0.15) is 0 Å². The zero-order valence-corrected chi connectivity index (χ0v) is 14.7. The molecule has 2 amide bonds. The van der Waals surface area contributed by atoms with E-state index in [0.29, 0.717) is 6.54 Å². The molecule has 2 aliphatic rings. The van der Waals surface area contributed by atoms with Crippen LogP contribution < -0.4 is 5.32 Å². The van der Waals surface area contributed by atoms with Gasteiger partial charge in [-0.25, -0.2) is 0 Å². The van der Waals surface area contributed by atoms with E-state index in [1.54, 1.807) is 0 Å². The van der Waals surface area contributed by atoms with Gasteiger partial charge in [-0.1, -0.05) is 6.92 Å². The largest absolute Gasteiger partial charge is 0.355 e. The lowest BCUT2D eigenvalue weighted by molar-refractivity contribution is -0.134. The highest BCUT2D eigenvalue weighted by Crippen LogP contribution is 2.11. The van der Waals surface area contributed by atoms with E-state index in [4.69, 9.17) is 0 Å². The fourth-order valence-corrected chi connectivity index (χ4v) is 3.31. The third kappa shape index (κ3) is 5.46. The Labute approximate surface area is 140 Å². The Morgan fingerprint density at radius 1 is 1.00 bits per heavy atom.